The predicted octanol–water partition coefficient (Wildman–Crippen LogP) is 5.11. The van der Waals surface area contributed by atoms with Gasteiger partial charge in [-0.1, -0.05) is 18.2 Å². The highest BCUT2D eigenvalue weighted by molar-refractivity contribution is 6.03. The van der Waals surface area contributed by atoms with Gasteiger partial charge in [-0.3, -0.25) is 4.79 Å². The topological polar surface area (TPSA) is 85.2 Å². The van der Waals surface area contributed by atoms with Crippen LogP contribution in [0, 0.1) is 11.9 Å². The quantitative estimate of drug-likeness (QED) is 0.501. The molecule has 0 atom stereocenters. The van der Waals surface area contributed by atoms with Gasteiger partial charge in [0.25, 0.3) is 5.91 Å². The average Bonchev–Trinajstić information content (AvgIpc) is 3.19. The molecule has 7 nitrogen and oxygen atoms in total. The number of nitrogens with one attached hydrogen (secondary N) is 2. The number of benzene rings is 2. The summed E-state index contributed by atoms with van der Waals surface area (Å²) in [6.45, 7) is 5.13. The molecule has 2 N–H and O–H groups in total. The van der Waals surface area contributed by atoms with E-state index in [-0.39, 0.29) is 17.9 Å². The van der Waals surface area contributed by atoms with E-state index >= 15 is 0 Å². The number of carbonyl (C=O) groups is 2. The maximum atomic E-state index is 13.9. The minimum Gasteiger partial charge on any atom is -0.444 e. The Labute approximate surface area is 192 Å². The van der Waals surface area contributed by atoms with Gasteiger partial charge < -0.3 is 15.4 Å². The van der Waals surface area contributed by atoms with Gasteiger partial charge in [0.15, 0.2) is 5.69 Å². The number of alkyl carbamates (subject to hydrolysis) is 1. The third kappa shape index (κ3) is 6.33. The molecule has 0 unspecified atom stereocenters. The lowest BCUT2D eigenvalue weighted by atomic mass is 10.2. The first-order chi connectivity index (χ1) is 15.8. The number of halogens is 4. The normalized spacial score (nSPS) is 11.7. The van der Waals surface area contributed by atoms with Gasteiger partial charge in [-0.25, -0.2) is 13.9 Å². The summed E-state index contributed by atoms with van der Waals surface area (Å²) in [4.78, 5) is 24.6. The number of aromatic nitrogens is 2. The monoisotopic (exact) mass is 477 g/mol. The number of nitrogens with zero attached hydrogens (tertiary/aromatic N) is 2. The minimum atomic E-state index is -4.82. The fourth-order valence-electron chi connectivity index (χ4n) is 2.86. The van der Waals surface area contributed by atoms with Crippen LogP contribution in [0.15, 0.2) is 48.5 Å². The van der Waals surface area contributed by atoms with E-state index in [4.69, 9.17) is 4.74 Å². The number of amides is 2. The molecule has 1 heterocycles. The Morgan fingerprint density at radius 2 is 1.88 bits per heavy atom. The Morgan fingerprint density at radius 3 is 2.53 bits per heavy atom. The summed E-state index contributed by atoms with van der Waals surface area (Å²) in [7, 11) is 0. The van der Waals surface area contributed by atoms with Gasteiger partial charge in [0, 0.05) is 12.6 Å². The lowest BCUT2D eigenvalue weighted by molar-refractivity contribution is -0.141. The highest BCUT2D eigenvalue weighted by Gasteiger charge is 2.36. The van der Waals surface area contributed by atoms with Crippen LogP contribution >= 0.6 is 0 Å². The lowest BCUT2D eigenvalue weighted by Crippen LogP contribution is -2.32. The number of anilines is 1. The smallest absolute Gasteiger partial charge is 0.435 e. The summed E-state index contributed by atoms with van der Waals surface area (Å²) in [5.41, 5.74) is -2.06. The van der Waals surface area contributed by atoms with Gasteiger partial charge >= 0.3 is 12.3 Å². The number of ether oxygens (including phenoxy) is 1. The third-order valence-corrected chi connectivity index (χ3v) is 4.28. The van der Waals surface area contributed by atoms with Crippen molar-refractivity contribution in [2.75, 3.05) is 5.32 Å². The van der Waals surface area contributed by atoms with Crippen molar-refractivity contribution in [2.45, 2.75) is 39.1 Å². The number of carbonyl (C=O) groups excluding carboxylic acids is 2. The van der Waals surface area contributed by atoms with Crippen LogP contribution in [0.2, 0.25) is 0 Å². The van der Waals surface area contributed by atoms with E-state index in [0.29, 0.717) is 11.6 Å². The molecule has 2 amide bonds. The first kappa shape index (κ1) is 24.7. The standard InChI is InChI=1S/C23H21F4N4O3/c1-22(2,3)34-21(33)28-13-14-7-6-8-15(11-14)31-18(12-19(30-31)23(25,26)27)20(32)29-17-10-5-4-9-16(17)24/h4,6-12H,13H2,1-3H3,(H,28,33)(H,29,32). The molecule has 0 fully saturated rings. The van der Waals surface area contributed by atoms with Crippen molar-refractivity contribution in [3.63, 3.8) is 0 Å². The molecule has 1 aromatic heterocycles. The number of alkyl halides is 3. The molecule has 0 bridgehead atoms. The molecule has 0 saturated heterocycles. The van der Waals surface area contributed by atoms with Crippen LogP contribution in [-0.4, -0.2) is 27.4 Å². The van der Waals surface area contributed by atoms with Crippen molar-refractivity contribution in [1.29, 1.82) is 0 Å². The first-order valence-corrected chi connectivity index (χ1v) is 10.0. The van der Waals surface area contributed by atoms with Gasteiger partial charge in [0.05, 0.1) is 11.4 Å². The number of rotatable bonds is 5. The predicted molar refractivity (Wildman–Crippen MR) is 115 cm³/mol. The summed E-state index contributed by atoms with van der Waals surface area (Å²) in [6.07, 6.45) is -5.49. The molecule has 2 aromatic carbocycles. The summed E-state index contributed by atoms with van der Waals surface area (Å²) < 4.78 is 59.9. The molecule has 0 aliphatic carbocycles. The van der Waals surface area contributed by atoms with E-state index in [2.05, 4.69) is 21.8 Å². The zero-order valence-electron chi connectivity index (χ0n) is 18.5. The molecular weight excluding hydrogens is 456 g/mol. The van der Waals surface area contributed by atoms with Crippen LogP contribution in [0.1, 0.15) is 42.5 Å². The van der Waals surface area contributed by atoms with Crippen LogP contribution < -0.4 is 10.6 Å². The molecule has 11 heteroatoms. The van der Waals surface area contributed by atoms with Crippen molar-refractivity contribution >= 4 is 17.7 Å². The fraction of sp³-hybridized carbons (Fsp3) is 0.261. The Balaban J connectivity index is 1.90. The molecule has 0 saturated carbocycles. The molecule has 179 valence electrons. The summed E-state index contributed by atoms with van der Waals surface area (Å²) in [5, 5.41) is 8.31. The van der Waals surface area contributed by atoms with Gasteiger partial charge in [-0.2, -0.15) is 18.3 Å². The first-order valence-electron chi connectivity index (χ1n) is 10.0. The Bertz CT molecular complexity index is 1200. The van der Waals surface area contributed by atoms with Gasteiger partial charge in [0.1, 0.15) is 17.1 Å². The van der Waals surface area contributed by atoms with Crippen LogP contribution in [0.25, 0.3) is 5.69 Å². The summed E-state index contributed by atoms with van der Waals surface area (Å²) in [6, 6.07) is 12.7. The lowest BCUT2D eigenvalue weighted by Gasteiger charge is -2.19. The van der Waals surface area contributed by atoms with Crippen LogP contribution in [-0.2, 0) is 17.5 Å². The maximum Gasteiger partial charge on any atom is 0.435 e. The van der Waals surface area contributed by atoms with Crippen molar-refractivity contribution in [1.82, 2.24) is 15.1 Å². The highest BCUT2D eigenvalue weighted by Crippen LogP contribution is 2.30. The second-order valence-electron chi connectivity index (χ2n) is 8.21. The molecule has 0 aliphatic heterocycles. The second-order valence-corrected chi connectivity index (χ2v) is 8.21. The average molecular weight is 477 g/mol. The van der Waals surface area contributed by atoms with Gasteiger partial charge in [-0.15, -0.1) is 0 Å². The van der Waals surface area contributed by atoms with E-state index in [1.807, 2.05) is 0 Å². The van der Waals surface area contributed by atoms with Crippen molar-refractivity contribution in [2.24, 2.45) is 0 Å². The van der Waals surface area contributed by atoms with E-state index in [0.717, 1.165) is 16.8 Å². The van der Waals surface area contributed by atoms with Gasteiger partial charge in [0.2, 0.25) is 0 Å². The molecular formula is C23H21F4N4O3. The molecule has 0 spiro atoms. The van der Waals surface area contributed by atoms with E-state index in [1.165, 1.54) is 24.3 Å². The third-order valence-electron chi connectivity index (χ3n) is 4.28. The molecule has 0 aliphatic rings. The SMILES string of the molecule is CC(C)(C)OC(=O)NCc1cccc(-n2nc(C(F)(F)F)cc2C(=O)Nc2c[c]ccc2F)c1. The van der Waals surface area contributed by atoms with E-state index in [1.54, 1.807) is 26.8 Å². The second kappa shape index (κ2) is 9.54. The van der Waals surface area contributed by atoms with Crippen molar-refractivity contribution < 1.29 is 31.9 Å². The Hall–Kier alpha value is -3.89. The van der Waals surface area contributed by atoms with E-state index < -0.39 is 41.0 Å². The summed E-state index contributed by atoms with van der Waals surface area (Å²) in [5.74, 6) is -1.77. The van der Waals surface area contributed by atoms with Crippen LogP contribution in [0.3, 0.4) is 0 Å². The van der Waals surface area contributed by atoms with Gasteiger partial charge in [-0.05, 0) is 56.7 Å². The van der Waals surface area contributed by atoms with Crippen molar-refractivity contribution in [3.8, 4) is 5.69 Å². The molecule has 1 radical (unpaired) electrons. The molecule has 3 rings (SSSR count). The summed E-state index contributed by atoms with van der Waals surface area (Å²) >= 11 is 0. The van der Waals surface area contributed by atoms with Crippen LogP contribution in [0.5, 0.6) is 0 Å². The van der Waals surface area contributed by atoms with Crippen LogP contribution in [0.4, 0.5) is 28.0 Å². The van der Waals surface area contributed by atoms with E-state index in [9.17, 15) is 27.2 Å². The Morgan fingerprint density at radius 1 is 1.15 bits per heavy atom. The maximum absolute atomic E-state index is 13.9. The fourth-order valence-corrected chi connectivity index (χ4v) is 2.86. The zero-order chi connectivity index (χ0) is 25.1. The molecule has 34 heavy (non-hydrogen) atoms. The molecule has 3 aromatic rings. The zero-order valence-corrected chi connectivity index (χ0v) is 18.5. The number of hydrogen-bond acceptors (Lipinski definition) is 4. The Kier molecular flexibility index (Phi) is 6.94. The van der Waals surface area contributed by atoms with Crippen molar-refractivity contribution in [3.05, 3.63) is 77.4 Å². The largest absolute Gasteiger partial charge is 0.444 e. The number of hydrogen-bond donors (Lipinski definition) is 2. The highest BCUT2D eigenvalue weighted by atomic mass is 19.4. The minimum absolute atomic E-state index is 0.0166.